The molecule has 1 unspecified atom stereocenters. The lowest BCUT2D eigenvalue weighted by Gasteiger charge is -2.33. The smallest absolute Gasteiger partial charge is 0.165 e. The third kappa shape index (κ3) is 3.70. The molecule has 1 atom stereocenters. The second kappa shape index (κ2) is 7.04. The zero-order valence-corrected chi connectivity index (χ0v) is 12.7. The van der Waals surface area contributed by atoms with Gasteiger partial charge in [0.05, 0.1) is 7.11 Å². The number of hydrogen-bond donors (Lipinski definition) is 1. The van der Waals surface area contributed by atoms with Crippen LogP contribution in [-0.2, 0) is 0 Å². The molecule has 1 aromatic carbocycles. The van der Waals surface area contributed by atoms with Crippen molar-refractivity contribution in [2.45, 2.75) is 38.8 Å². The SMILES string of the molecule is CCN1CCC(NC(C)c2ccc(F)c(OC)c2)CC1. The average molecular weight is 280 g/mol. The molecule has 0 aliphatic carbocycles. The first kappa shape index (κ1) is 15.3. The summed E-state index contributed by atoms with van der Waals surface area (Å²) in [6.45, 7) is 7.79. The minimum Gasteiger partial charge on any atom is -0.494 e. The molecule has 1 N–H and O–H groups in total. The van der Waals surface area contributed by atoms with Gasteiger partial charge in [0.2, 0.25) is 0 Å². The van der Waals surface area contributed by atoms with Crippen LogP contribution in [0.1, 0.15) is 38.3 Å². The predicted octanol–water partition coefficient (Wildman–Crippen LogP) is 2.97. The minimum absolute atomic E-state index is 0.211. The number of likely N-dealkylation sites (tertiary alicyclic amines) is 1. The molecule has 0 radical (unpaired) electrons. The van der Waals surface area contributed by atoms with E-state index in [4.69, 9.17) is 4.74 Å². The Bertz CT molecular complexity index is 430. The standard InChI is InChI=1S/C16H25FN2O/c1-4-19-9-7-14(8-10-19)18-12(2)13-5-6-15(17)16(11-13)20-3/h5-6,11-12,14,18H,4,7-10H2,1-3H3. The van der Waals surface area contributed by atoms with Crippen molar-refractivity contribution in [3.05, 3.63) is 29.6 Å². The summed E-state index contributed by atoms with van der Waals surface area (Å²) in [6.07, 6.45) is 2.35. The molecule has 1 aromatic rings. The molecule has 2 rings (SSSR count). The Kier molecular flexibility index (Phi) is 5.38. The van der Waals surface area contributed by atoms with Gasteiger partial charge >= 0.3 is 0 Å². The Balaban J connectivity index is 1.93. The fourth-order valence-corrected chi connectivity index (χ4v) is 2.81. The lowest BCUT2D eigenvalue weighted by molar-refractivity contribution is 0.200. The highest BCUT2D eigenvalue weighted by Crippen LogP contribution is 2.23. The number of ether oxygens (including phenoxy) is 1. The van der Waals surface area contributed by atoms with E-state index >= 15 is 0 Å². The van der Waals surface area contributed by atoms with Gasteiger partial charge < -0.3 is 15.0 Å². The fourth-order valence-electron chi connectivity index (χ4n) is 2.81. The topological polar surface area (TPSA) is 24.5 Å². The van der Waals surface area contributed by atoms with Gasteiger partial charge in [0.15, 0.2) is 11.6 Å². The summed E-state index contributed by atoms with van der Waals surface area (Å²) >= 11 is 0. The summed E-state index contributed by atoms with van der Waals surface area (Å²) < 4.78 is 18.5. The van der Waals surface area contributed by atoms with Gasteiger partial charge in [0.25, 0.3) is 0 Å². The second-order valence-electron chi connectivity index (χ2n) is 5.49. The van der Waals surface area contributed by atoms with Crippen molar-refractivity contribution in [1.82, 2.24) is 10.2 Å². The van der Waals surface area contributed by atoms with E-state index in [0.717, 1.165) is 25.2 Å². The molecular weight excluding hydrogens is 255 g/mol. The zero-order valence-electron chi connectivity index (χ0n) is 12.7. The van der Waals surface area contributed by atoms with Crippen LogP contribution >= 0.6 is 0 Å². The largest absolute Gasteiger partial charge is 0.494 e. The van der Waals surface area contributed by atoms with E-state index in [2.05, 4.69) is 24.1 Å². The maximum absolute atomic E-state index is 13.4. The number of benzene rings is 1. The summed E-state index contributed by atoms with van der Waals surface area (Å²) in [4.78, 5) is 2.48. The van der Waals surface area contributed by atoms with E-state index in [0.29, 0.717) is 11.8 Å². The van der Waals surface area contributed by atoms with Crippen molar-refractivity contribution in [3.63, 3.8) is 0 Å². The van der Waals surface area contributed by atoms with Gasteiger partial charge in [-0.15, -0.1) is 0 Å². The van der Waals surface area contributed by atoms with Gasteiger partial charge in [-0.05, 0) is 57.1 Å². The number of nitrogens with zero attached hydrogens (tertiary/aromatic N) is 1. The van der Waals surface area contributed by atoms with Crippen molar-refractivity contribution in [2.24, 2.45) is 0 Å². The molecule has 1 fully saturated rings. The molecule has 4 heteroatoms. The number of rotatable bonds is 5. The zero-order chi connectivity index (χ0) is 14.5. The highest BCUT2D eigenvalue weighted by molar-refractivity contribution is 5.32. The number of methoxy groups -OCH3 is 1. The van der Waals surface area contributed by atoms with Crippen LogP contribution in [0.15, 0.2) is 18.2 Å². The van der Waals surface area contributed by atoms with E-state index in [1.54, 1.807) is 6.07 Å². The predicted molar refractivity (Wildman–Crippen MR) is 79.6 cm³/mol. The number of nitrogens with one attached hydrogen (secondary N) is 1. The molecule has 1 aliphatic heterocycles. The maximum Gasteiger partial charge on any atom is 0.165 e. The Morgan fingerprint density at radius 2 is 2.10 bits per heavy atom. The lowest BCUT2D eigenvalue weighted by Crippen LogP contribution is -2.43. The molecule has 0 saturated carbocycles. The van der Waals surface area contributed by atoms with Crippen molar-refractivity contribution in [3.8, 4) is 5.75 Å². The minimum atomic E-state index is -0.306. The van der Waals surface area contributed by atoms with Crippen LogP contribution in [0.2, 0.25) is 0 Å². The normalized spacial score (nSPS) is 19.0. The molecule has 1 saturated heterocycles. The maximum atomic E-state index is 13.4. The summed E-state index contributed by atoms with van der Waals surface area (Å²) in [5.41, 5.74) is 1.07. The lowest BCUT2D eigenvalue weighted by atomic mass is 10.0. The van der Waals surface area contributed by atoms with Crippen LogP contribution in [0.3, 0.4) is 0 Å². The van der Waals surface area contributed by atoms with E-state index < -0.39 is 0 Å². The fraction of sp³-hybridized carbons (Fsp3) is 0.625. The summed E-state index contributed by atoms with van der Waals surface area (Å²) in [5.74, 6) is 0.0108. The van der Waals surface area contributed by atoms with Crippen LogP contribution in [0.4, 0.5) is 4.39 Å². The molecule has 20 heavy (non-hydrogen) atoms. The van der Waals surface area contributed by atoms with Gasteiger partial charge in [-0.2, -0.15) is 0 Å². The van der Waals surface area contributed by atoms with Gasteiger partial charge in [-0.25, -0.2) is 4.39 Å². The van der Waals surface area contributed by atoms with Gasteiger partial charge in [0.1, 0.15) is 0 Å². The molecule has 1 heterocycles. The van der Waals surface area contributed by atoms with Gasteiger partial charge in [-0.3, -0.25) is 0 Å². The van der Waals surface area contributed by atoms with Gasteiger partial charge in [-0.1, -0.05) is 13.0 Å². The summed E-state index contributed by atoms with van der Waals surface area (Å²) in [6, 6.07) is 5.85. The first-order valence-electron chi connectivity index (χ1n) is 7.46. The molecule has 0 bridgehead atoms. The van der Waals surface area contributed by atoms with Crippen LogP contribution in [0, 0.1) is 5.82 Å². The highest BCUT2D eigenvalue weighted by Gasteiger charge is 2.20. The van der Waals surface area contributed by atoms with Crippen LogP contribution in [-0.4, -0.2) is 37.7 Å². The molecule has 1 aliphatic rings. The summed E-state index contributed by atoms with van der Waals surface area (Å²) in [7, 11) is 1.50. The number of piperidine rings is 1. The molecular formula is C16H25FN2O. The third-order valence-corrected chi connectivity index (χ3v) is 4.20. The van der Waals surface area contributed by atoms with Crippen LogP contribution in [0.25, 0.3) is 0 Å². The van der Waals surface area contributed by atoms with Crippen molar-refractivity contribution in [1.29, 1.82) is 0 Å². The number of hydrogen-bond acceptors (Lipinski definition) is 3. The Morgan fingerprint density at radius 1 is 1.40 bits per heavy atom. The first-order valence-corrected chi connectivity index (χ1v) is 7.46. The van der Waals surface area contributed by atoms with Gasteiger partial charge in [0, 0.05) is 12.1 Å². The van der Waals surface area contributed by atoms with Crippen molar-refractivity contribution >= 4 is 0 Å². The monoisotopic (exact) mass is 280 g/mol. The van der Waals surface area contributed by atoms with Crippen LogP contribution < -0.4 is 10.1 Å². The van der Waals surface area contributed by atoms with E-state index in [1.807, 2.05) is 6.07 Å². The van der Waals surface area contributed by atoms with Crippen molar-refractivity contribution in [2.75, 3.05) is 26.7 Å². The molecule has 3 nitrogen and oxygen atoms in total. The molecule has 0 aromatic heterocycles. The van der Waals surface area contributed by atoms with E-state index in [1.165, 1.54) is 26.0 Å². The third-order valence-electron chi connectivity index (χ3n) is 4.20. The summed E-state index contributed by atoms with van der Waals surface area (Å²) in [5, 5.41) is 3.65. The van der Waals surface area contributed by atoms with Crippen LogP contribution in [0.5, 0.6) is 5.75 Å². The first-order chi connectivity index (χ1) is 9.63. The van der Waals surface area contributed by atoms with E-state index in [9.17, 15) is 4.39 Å². The molecule has 0 spiro atoms. The Morgan fingerprint density at radius 3 is 2.70 bits per heavy atom. The Labute approximate surface area is 121 Å². The molecule has 0 amide bonds. The number of halogens is 1. The molecule has 112 valence electrons. The highest BCUT2D eigenvalue weighted by atomic mass is 19.1. The Hall–Kier alpha value is -1.13. The quantitative estimate of drug-likeness (QED) is 0.897. The van der Waals surface area contributed by atoms with E-state index in [-0.39, 0.29) is 11.9 Å². The average Bonchev–Trinajstić information content (AvgIpc) is 2.48. The second-order valence-corrected chi connectivity index (χ2v) is 5.49. The van der Waals surface area contributed by atoms with Crippen molar-refractivity contribution < 1.29 is 9.13 Å².